The minimum Gasteiger partial charge on any atom is -0.384 e. The Kier molecular flexibility index (Phi) is 3.68. The molecule has 5 heteroatoms. The van der Waals surface area contributed by atoms with E-state index in [0.29, 0.717) is 24.3 Å². The molecule has 0 radical (unpaired) electrons. The standard InChI is InChI=1S/C15H16N2O3/c18-8-2-4-11-3-1-7-16-14(11)15(19)17-9-12-5-6-13(10-17)20-12/h1,3,7,12-13,18H,5-6,8-10H2. The Morgan fingerprint density at radius 2 is 2.20 bits per heavy atom. The van der Waals surface area contributed by atoms with Crippen LogP contribution in [0, 0.1) is 11.8 Å². The van der Waals surface area contributed by atoms with Gasteiger partial charge in [-0.1, -0.05) is 11.8 Å². The molecule has 1 N–H and O–H groups in total. The zero-order valence-electron chi connectivity index (χ0n) is 11.1. The Morgan fingerprint density at radius 1 is 1.45 bits per heavy atom. The fraction of sp³-hybridized carbons (Fsp3) is 0.467. The third kappa shape index (κ3) is 2.53. The molecule has 1 aromatic heterocycles. The summed E-state index contributed by atoms with van der Waals surface area (Å²) in [6.07, 6.45) is 3.95. The van der Waals surface area contributed by atoms with E-state index in [9.17, 15) is 4.79 Å². The van der Waals surface area contributed by atoms with E-state index < -0.39 is 0 Å². The lowest BCUT2D eigenvalue weighted by molar-refractivity contribution is -0.0305. The van der Waals surface area contributed by atoms with E-state index in [1.165, 1.54) is 0 Å². The van der Waals surface area contributed by atoms with E-state index in [1.54, 1.807) is 23.2 Å². The Hall–Kier alpha value is -1.90. The van der Waals surface area contributed by atoms with Crippen LogP contribution in [0.25, 0.3) is 0 Å². The molecule has 20 heavy (non-hydrogen) atoms. The number of aliphatic hydroxyl groups is 1. The topological polar surface area (TPSA) is 62.7 Å². The third-order valence-corrected chi connectivity index (χ3v) is 3.64. The van der Waals surface area contributed by atoms with Crippen LogP contribution in [-0.2, 0) is 4.74 Å². The van der Waals surface area contributed by atoms with Gasteiger partial charge in [-0.3, -0.25) is 4.79 Å². The summed E-state index contributed by atoms with van der Waals surface area (Å²) in [6, 6.07) is 3.49. The Bertz CT molecular complexity index is 564. The minimum absolute atomic E-state index is 0.104. The van der Waals surface area contributed by atoms with Gasteiger partial charge in [0.2, 0.25) is 0 Å². The number of rotatable bonds is 1. The number of ether oxygens (including phenoxy) is 1. The number of aliphatic hydroxyl groups excluding tert-OH is 1. The van der Waals surface area contributed by atoms with Gasteiger partial charge in [0, 0.05) is 19.3 Å². The predicted octanol–water partition coefficient (Wildman–Crippen LogP) is 0.429. The summed E-state index contributed by atoms with van der Waals surface area (Å²) in [5.74, 6) is 5.24. The molecule has 2 bridgehead atoms. The van der Waals surface area contributed by atoms with Crippen LogP contribution in [0.3, 0.4) is 0 Å². The summed E-state index contributed by atoms with van der Waals surface area (Å²) in [5.41, 5.74) is 0.917. The SMILES string of the molecule is O=C(c1ncccc1C#CCO)N1CC2CCC(C1)O2. The van der Waals surface area contributed by atoms with Gasteiger partial charge in [-0.2, -0.15) is 0 Å². The summed E-state index contributed by atoms with van der Waals surface area (Å²) in [7, 11) is 0. The van der Waals surface area contributed by atoms with Crippen LogP contribution in [0.4, 0.5) is 0 Å². The Morgan fingerprint density at radius 3 is 2.90 bits per heavy atom. The summed E-state index contributed by atoms with van der Waals surface area (Å²) >= 11 is 0. The fourth-order valence-electron chi connectivity index (χ4n) is 2.74. The number of carbonyl (C=O) groups excluding carboxylic acids is 1. The van der Waals surface area contributed by atoms with Gasteiger partial charge in [-0.15, -0.1) is 0 Å². The maximum atomic E-state index is 12.6. The zero-order valence-corrected chi connectivity index (χ0v) is 11.1. The van der Waals surface area contributed by atoms with Crippen LogP contribution >= 0.6 is 0 Å². The largest absolute Gasteiger partial charge is 0.384 e. The summed E-state index contributed by atoms with van der Waals surface area (Å²) in [6.45, 7) is 1.02. The molecule has 2 atom stereocenters. The normalized spacial score (nSPS) is 24.1. The van der Waals surface area contributed by atoms with Crippen LogP contribution in [0.15, 0.2) is 18.3 Å². The zero-order chi connectivity index (χ0) is 13.9. The van der Waals surface area contributed by atoms with Crippen molar-refractivity contribution in [2.24, 2.45) is 0 Å². The second-order valence-electron chi connectivity index (χ2n) is 5.03. The van der Waals surface area contributed by atoms with Gasteiger partial charge in [-0.05, 0) is 25.0 Å². The van der Waals surface area contributed by atoms with Crippen molar-refractivity contribution in [2.75, 3.05) is 19.7 Å². The fourth-order valence-corrected chi connectivity index (χ4v) is 2.74. The highest BCUT2D eigenvalue weighted by atomic mass is 16.5. The smallest absolute Gasteiger partial charge is 0.273 e. The van der Waals surface area contributed by atoms with Gasteiger partial charge in [-0.25, -0.2) is 4.98 Å². The number of likely N-dealkylation sites (tertiary alicyclic amines) is 1. The first-order valence-electron chi connectivity index (χ1n) is 6.77. The molecule has 2 aliphatic heterocycles. The number of pyridine rings is 1. The Labute approximate surface area is 117 Å². The number of nitrogens with zero attached hydrogens (tertiary/aromatic N) is 2. The molecule has 2 saturated heterocycles. The molecule has 104 valence electrons. The molecule has 2 fully saturated rings. The van der Waals surface area contributed by atoms with E-state index >= 15 is 0 Å². The molecule has 5 nitrogen and oxygen atoms in total. The highest BCUT2D eigenvalue weighted by molar-refractivity contribution is 5.94. The van der Waals surface area contributed by atoms with Crippen molar-refractivity contribution in [3.63, 3.8) is 0 Å². The van der Waals surface area contributed by atoms with Crippen molar-refractivity contribution in [1.29, 1.82) is 0 Å². The first-order chi connectivity index (χ1) is 9.78. The number of morpholine rings is 1. The molecule has 2 aliphatic rings. The summed E-state index contributed by atoms with van der Waals surface area (Å²) in [4.78, 5) is 18.5. The lowest BCUT2D eigenvalue weighted by Crippen LogP contribution is -2.46. The van der Waals surface area contributed by atoms with E-state index in [2.05, 4.69) is 16.8 Å². The molecule has 1 amide bonds. The number of hydrogen-bond donors (Lipinski definition) is 1. The van der Waals surface area contributed by atoms with Crippen LogP contribution < -0.4 is 0 Å². The number of fused-ring (bicyclic) bond motifs is 2. The molecular formula is C15H16N2O3. The highest BCUT2D eigenvalue weighted by Crippen LogP contribution is 2.27. The monoisotopic (exact) mass is 272 g/mol. The maximum Gasteiger partial charge on any atom is 0.273 e. The number of aromatic nitrogens is 1. The van der Waals surface area contributed by atoms with Crippen molar-refractivity contribution in [1.82, 2.24) is 9.88 Å². The van der Waals surface area contributed by atoms with Crippen molar-refractivity contribution < 1.29 is 14.6 Å². The van der Waals surface area contributed by atoms with Crippen LogP contribution in [0.2, 0.25) is 0 Å². The average molecular weight is 272 g/mol. The van der Waals surface area contributed by atoms with Crippen LogP contribution in [-0.4, -0.2) is 52.8 Å². The Balaban J connectivity index is 1.83. The molecule has 3 heterocycles. The van der Waals surface area contributed by atoms with Gasteiger partial charge in [0.15, 0.2) is 0 Å². The predicted molar refractivity (Wildman–Crippen MR) is 72.0 cm³/mol. The summed E-state index contributed by atoms with van der Waals surface area (Å²) in [5, 5.41) is 8.78. The van der Waals surface area contributed by atoms with Gasteiger partial charge in [0.1, 0.15) is 12.3 Å². The van der Waals surface area contributed by atoms with Gasteiger partial charge >= 0.3 is 0 Å². The molecule has 0 aromatic carbocycles. The first kappa shape index (κ1) is 13.1. The minimum atomic E-state index is -0.232. The first-order valence-corrected chi connectivity index (χ1v) is 6.77. The maximum absolute atomic E-state index is 12.6. The molecule has 3 rings (SSSR count). The molecular weight excluding hydrogens is 256 g/mol. The van der Waals surface area contributed by atoms with E-state index in [1.807, 2.05) is 0 Å². The lowest BCUT2D eigenvalue weighted by atomic mass is 10.1. The van der Waals surface area contributed by atoms with Crippen molar-refractivity contribution in [2.45, 2.75) is 25.0 Å². The average Bonchev–Trinajstić information content (AvgIpc) is 2.83. The second-order valence-corrected chi connectivity index (χ2v) is 5.03. The van der Waals surface area contributed by atoms with Gasteiger partial charge in [0.25, 0.3) is 5.91 Å². The van der Waals surface area contributed by atoms with Crippen molar-refractivity contribution in [3.8, 4) is 11.8 Å². The lowest BCUT2D eigenvalue weighted by Gasteiger charge is -2.32. The van der Waals surface area contributed by atoms with E-state index in [-0.39, 0.29) is 24.7 Å². The quantitative estimate of drug-likeness (QED) is 0.753. The number of amides is 1. The summed E-state index contributed by atoms with van der Waals surface area (Å²) < 4.78 is 5.73. The second kappa shape index (κ2) is 5.61. The molecule has 1 aromatic rings. The van der Waals surface area contributed by atoms with E-state index in [4.69, 9.17) is 9.84 Å². The number of carbonyl (C=O) groups is 1. The van der Waals surface area contributed by atoms with E-state index in [0.717, 1.165) is 12.8 Å². The third-order valence-electron chi connectivity index (χ3n) is 3.64. The van der Waals surface area contributed by atoms with Crippen LogP contribution in [0.1, 0.15) is 28.9 Å². The van der Waals surface area contributed by atoms with Crippen molar-refractivity contribution >= 4 is 5.91 Å². The molecule has 0 aliphatic carbocycles. The highest BCUT2D eigenvalue weighted by Gasteiger charge is 2.36. The number of hydrogen-bond acceptors (Lipinski definition) is 4. The van der Waals surface area contributed by atoms with Crippen molar-refractivity contribution in [3.05, 3.63) is 29.6 Å². The van der Waals surface area contributed by atoms with Gasteiger partial charge in [0.05, 0.1) is 17.8 Å². The molecule has 2 unspecified atom stereocenters. The van der Waals surface area contributed by atoms with Crippen LogP contribution in [0.5, 0.6) is 0 Å². The van der Waals surface area contributed by atoms with Gasteiger partial charge < -0.3 is 14.7 Å². The molecule has 0 saturated carbocycles. The molecule has 0 spiro atoms.